The van der Waals surface area contributed by atoms with Crippen LogP contribution in [0.1, 0.15) is 168 Å². The first-order chi connectivity index (χ1) is 24.3. The number of carbonyl (C=O) groups is 2. The third kappa shape index (κ3) is 36.0. The first kappa shape index (κ1) is 48.2. The van der Waals surface area contributed by atoms with Gasteiger partial charge in [-0.15, -0.1) is 0 Å². The molecule has 0 aliphatic rings. The summed E-state index contributed by atoms with van der Waals surface area (Å²) in [6.07, 6.45) is 37.5. The van der Waals surface area contributed by atoms with Crippen molar-refractivity contribution in [3.05, 3.63) is 36.5 Å². The Morgan fingerprint density at radius 1 is 0.640 bits per heavy atom. The first-order valence-electron chi connectivity index (χ1n) is 19.9. The number of hydrogen-bond donors (Lipinski definition) is 2. The van der Waals surface area contributed by atoms with Gasteiger partial charge in [0.15, 0.2) is 6.10 Å². The zero-order valence-electron chi connectivity index (χ0n) is 32.1. The molecule has 50 heavy (non-hydrogen) atoms. The van der Waals surface area contributed by atoms with Gasteiger partial charge in [-0.1, -0.05) is 147 Å². The highest BCUT2D eigenvalue weighted by atomic mass is 31.2. The molecule has 0 aliphatic heterocycles. The SMILES string of the molecule is CC/C=C\C/C=C\C/C=C\CCCCCCCC(=O)OCC(COP(=O)(O)OCCNC)OC(=O)CCCCCCCCCCCCCCC. The van der Waals surface area contributed by atoms with Crippen molar-refractivity contribution in [2.45, 2.75) is 174 Å². The summed E-state index contributed by atoms with van der Waals surface area (Å²) in [6, 6.07) is 0. The number of phosphoric acid groups is 1. The van der Waals surface area contributed by atoms with Gasteiger partial charge in [-0.25, -0.2) is 4.57 Å². The van der Waals surface area contributed by atoms with E-state index < -0.39 is 26.5 Å². The minimum Gasteiger partial charge on any atom is -0.462 e. The van der Waals surface area contributed by atoms with Crippen molar-refractivity contribution in [3.63, 3.8) is 0 Å². The molecule has 0 spiro atoms. The van der Waals surface area contributed by atoms with E-state index in [0.717, 1.165) is 70.6 Å². The summed E-state index contributed by atoms with van der Waals surface area (Å²) in [7, 11) is -2.65. The topological polar surface area (TPSA) is 120 Å². The minimum atomic E-state index is -4.35. The molecule has 10 heteroatoms. The quantitative estimate of drug-likeness (QED) is 0.0279. The first-order valence-corrected chi connectivity index (χ1v) is 21.4. The lowest BCUT2D eigenvalue weighted by Gasteiger charge is -2.20. The number of unbranched alkanes of at least 4 members (excludes halogenated alkanes) is 17. The lowest BCUT2D eigenvalue weighted by Crippen LogP contribution is -2.29. The molecule has 0 radical (unpaired) electrons. The molecule has 0 bridgehead atoms. The molecule has 2 atom stereocenters. The van der Waals surface area contributed by atoms with Crippen LogP contribution in [-0.2, 0) is 32.7 Å². The van der Waals surface area contributed by atoms with Crippen molar-refractivity contribution < 1.29 is 37.6 Å². The van der Waals surface area contributed by atoms with Gasteiger partial charge in [0.1, 0.15) is 6.61 Å². The van der Waals surface area contributed by atoms with Gasteiger partial charge in [0.05, 0.1) is 13.2 Å². The molecule has 0 aromatic heterocycles. The Morgan fingerprint density at radius 3 is 1.70 bits per heavy atom. The minimum absolute atomic E-state index is 0.0194. The van der Waals surface area contributed by atoms with Crippen molar-refractivity contribution >= 4 is 19.8 Å². The van der Waals surface area contributed by atoms with Crippen LogP contribution in [0.5, 0.6) is 0 Å². The predicted octanol–water partition coefficient (Wildman–Crippen LogP) is 10.9. The average Bonchev–Trinajstić information content (AvgIpc) is 3.09. The van der Waals surface area contributed by atoms with Crippen LogP contribution in [0.4, 0.5) is 0 Å². The van der Waals surface area contributed by atoms with Crippen LogP contribution in [0, 0.1) is 0 Å². The van der Waals surface area contributed by atoms with Crippen LogP contribution in [-0.4, -0.2) is 56.3 Å². The molecule has 2 unspecified atom stereocenters. The maximum absolute atomic E-state index is 12.6. The summed E-state index contributed by atoms with van der Waals surface area (Å²) in [5.41, 5.74) is 0. The van der Waals surface area contributed by atoms with Gasteiger partial charge in [0.2, 0.25) is 0 Å². The van der Waals surface area contributed by atoms with Crippen molar-refractivity contribution in [1.29, 1.82) is 0 Å². The molecule has 0 amide bonds. The highest BCUT2D eigenvalue weighted by Gasteiger charge is 2.26. The molecule has 0 saturated carbocycles. The zero-order chi connectivity index (χ0) is 36.8. The summed E-state index contributed by atoms with van der Waals surface area (Å²) >= 11 is 0. The smallest absolute Gasteiger partial charge is 0.462 e. The fraction of sp³-hybridized carbons (Fsp3) is 0.800. The normalized spacial score (nSPS) is 13.8. The standard InChI is InChI=1S/C40H74NO8P/c1-4-6-8-10-12-14-16-18-19-21-22-24-26-28-30-32-39(42)46-36-38(37-48-50(44,45)47-35-34-41-3)49-40(43)33-31-29-27-25-23-20-17-15-13-11-9-7-5-2/h6,8,12,14,18-19,38,41H,4-5,7,9-11,13,15-17,20-37H2,1-3H3,(H,44,45)/b8-6-,14-12-,19-18-. The number of ether oxygens (including phenoxy) is 2. The Kier molecular flexibility index (Phi) is 35.7. The number of allylic oxidation sites excluding steroid dienone is 6. The van der Waals surface area contributed by atoms with Crippen LogP contribution >= 0.6 is 7.82 Å². The molecule has 0 fully saturated rings. The molecule has 0 aromatic rings. The van der Waals surface area contributed by atoms with Crippen LogP contribution < -0.4 is 5.32 Å². The van der Waals surface area contributed by atoms with Gasteiger partial charge in [-0.05, 0) is 52.0 Å². The summed E-state index contributed by atoms with van der Waals surface area (Å²) in [6.45, 7) is 4.09. The van der Waals surface area contributed by atoms with Gasteiger partial charge in [-0.3, -0.25) is 18.6 Å². The molecule has 292 valence electrons. The number of phosphoric ester groups is 1. The van der Waals surface area contributed by atoms with Crippen molar-refractivity contribution in [1.82, 2.24) is 5.32 Å². The van der Waals surface area contributed by atoms with E-state index in [9.17, 15) is 19.0 Å². The average molecular weight is 728 g/mol. The Labute approximate surface area is 306 Å². The summed E-state index contributed by atoms with van der Waals surface area (Å²) < 4.78 is 33.1. The van der Waals surface area contributed by atoms with Gasteiger partial charge in [-0.2, -0.15) is 0 Å². The van der Waals surface area contributed by atoms with Gasteiger partial charge in [0, 0.05) is 19.4 Å². The number of carbonyl (C=O) groups excluding carboxylic acids is 2. The molecular formula is C40H74NO8P. The van der Waals surface area contributed by atoms with E-state index >= 15 is 0 Å². The maximum Gasteiger partial charge on any atom is 0.472 e. The largest absolute Gasteiger partial charge is 0.472 e. The van der Waals surface area contributed by atoms with Crippen LogP contribution in [0.25, 0.3) is 0 Å². The highest BCUT2D eigenvalue weighted by molar-refractivity contribution is 7.47. The van der Waals surface area contributed by atoms with Crippen LogP contribution in [0.2, 0.25) is 0 Å². The predicted molar refractivity (Wildman–Crippen MR) is 206 cm³/mol. The van der Waals surface area contributed by atoms with E-state index in [4.69, 9.17) is 18.5 Å². The van der Waals surface area contributed by atoms with Gasteiger partial charge < -0.3 is 19.7 Å². The molecule has 2 N–H and O–H groups in total. The second-order valence-corrected chi connectivity index (χ2v) is 14.5. The molecule has 0 saturated heterocycles. The van der Waals surface area contributed by atoms with Crippen molar-refractivity contribution in [3.8, 4) is 0 Å². The maximum atomic E-state index is 12.6. The van der Waals surface area contributed by atoms with Gasteiger partial charge in [0.25, 0.3) is 0 Å². The molecule has 0 aliphatic carbocycles. The number of likely N-dealkylation sites (N-methyl/N-ethyl adjacent to an activating group) is 1. The van der Waals surface area contributed by atoms with E-state index in [0.29, 0.717) is 13.0 Å². The fourth-order valence-electron chi connectivity index (χ4n) is 5.27. The second-order valence-electron chi connectivity index (χ2n) is 13.1. The number of rotatable bonds is 37. The molecule has 0 rings (SSSR count). The van der Waals surface area contributed by atoms with Gasteiger partial charge >= 0.3 is 19.8 Å². The van der Waals surface area contributed by atoms with Crippen molar-refractivity contribution in [2.24, 2.45) is 0 Å². The lowest BCUT2D eigenvalue weighted by atomic mass is 10.0. The zero-order valence-corrected chi connectivity index (χ0v) is 33.0. The van der Waals surface area contributed by atoms with E-state index in [2.05, 4.69) is 55.6 Å². The second kappa shape index (κ2) is 37.0. The van der Waals surface area contributed by atoms with Crippen LogP contribution in [0.15, 0.2) is 36.5 Å². The monoisotopic (exact) mass is 728 g/mol. The Morgan fingerprint density at radius 2 is 1.14 bits per heavy atom. The number of hydrogen-bond acceptors (Lipinski definition) is 8. The molecule has 0 heterocycles. The van der Waals surface area contributed by atoms with Crippen LogP contribution in [0.3, 0.4) is 0 Å². The van der Waals surface area contributed by atoms with E-state index in [1.54, 1.807) is 7.05 Å². The Balaban J connectivity index is 4.29. The number of esters is 2. The number of nitrogens with one attached hydrogen (secondary N) is 1. The molecular weight excluding hydrogens is 653 g/mol. The Hall–Kier alpha value is -1.77. The lowest BCUT2D eigenvalue weighted by molar-refractivity contribution is -0.161. The van der Waals surface area contributed by atoms with Crippen molar-refractivity contribution in [2.75, 3.05) is 33.4 Å². The van der Waals surface area contributed by atoms with E-state index in [-0.39, 0.29) is 32.0 Å². The summed E-state index contributed by atoms with van der Waals surface area (Å²) in [5.74, 6) is -0.825. The highest BCUT2D eigenvalue weighted by Crippen LogP contribution is 2.43. The molecule has 0 aromatic carbocycles. The van der Waals surface area contributed by atoms with E-state index in [1.807, 2.05) is 0 Å². The Bertz CT molecular complexity index is 923. The fourth-order valence-corrected chi connectivity index (χ4v) is 6.02. The molecule has 9 nitrogen and oxygen atoms in total. The summed E-state index contributed by atoms with van der Waals surface area (Å²) in [5, 5.41) is 2.82. The third-order valence-electron chi connectivity index (χ3n) is 8.27. The van der Waals surface area contributed by atoms with E-state index in [1.165, 1.54) is 64.2 Å². The summed E-state index contributed by atoms with van der Waals surface area (Å²) in [4.78, 5) is 34.9. The third-order valence-corrected chi connectivity index (χ3v) is 9.26.